The van der Waals surface area contributed by atoms with Gasteiger partial charge in [0, 0.05) is 16.7 Å². The van der Waals surface area contributed by atoms with Gasteiger partial charge in [0.2, 0.25) is 0 Å². The number of carbonyl (C=O) groups excluding carboxylic acids is 1. The molecule has 37 heavy (non-hydrogen) atoms. The molecule has 4 aromatic rings. The van der Waals surface area contributed by atoms with E-state index in [1.807, 2.05) is 47.9 Å². The minimum Gasteiger partial charge on any atom is -0.484 e. The van der Waals surface area contributed by atoms with E-state index in [2.05, 4.69) is 43.8 Å². The number of rotatable bonds is 9. The van der Waals surface area contributed by atoms with Crippen molar-refractivity contribution in [3.63, 3.8) is 0 Å². The number of aromatic nitrogens is 3. The van der Waals surface area contributed by atoms with Crippen LogP contribution in [0.25, 0.3) is 16.0 Å². The minimum atomic E-state index is -1.92. The molecule has 0 fully saturated rings. The molecule has 3 heterocycles. The number of nitrogens with two attached hydrogens (primary N) is 1. The molecular formula is C27H33ClN4O3SSi. The molecule has 1 aromatic carbocycles. The number of hydrogen-bond donors (Lipinski definition) is 1. The molecule has 10 heteroatoms. The quantitative estimate of drug-likeness (QED) is 0.218. The van der Waals surface area contributed by atoms with Gasteiger partial charge in [-0.15, -0.1) is 11.3 Å². The van der Waals surface area contributed by atoms with E-state index in [-0.39, 0.29) is 11.1 Å². The smallest absolute Gasteiger partial charge is 0.262 e. The fourth-order valence-corrected chi connectivity index (χ4v) is 5.80. The summed E-state index contributed by atoms with van der Waals surface area (Å²) >= 11 is 7.68. The summed E-state index contributed by atoms with van der Waals surface area (Å²) < 4.78 is 14.6. The number of amides is 1. The number of ether oxygens (including phenoxy) is 1. The van der Waals surface area contributed by atoms with Gasteiger partial charge in [0.05, 0.1) is 24.0 Å². The van der Waals surface area contributed by atoms with Gasteiger partial charge in [-0.2, -0.15) is 0 Å². The highest BCUT2D eigenvalue weighted by molar-refractivity contribution is 7.16. The zero-order valence-electron chi connectivity index (χ0n) is 22.0. The number of nitrogens with zero attached hydrogens (tertiary/aromatic N) is 3. The zero-order chi connectivity index (χ0) is 27.0. The molecular weight excluding hydrogens is 524 g/mol. The lowest BCUT2D eigenvalue weighted by Crippen LogP contribution is -2.40. The topological polar surface area (TPSA) is 92.3 Å². The Hall–Kier alpha value is -2.72. The molecule has 196 valence electrons. The van der Waals surface area contributed by atoms with Gasteiger partial charge in [0.15, 0.2) is 8.32 Å². The Bertz CT molecular complexity index is 1430. The van der Waals surface area contributed by atoms with Crippen LogP contribution in [0, 0.1) is 0 Å². The molecule has 3 aromatic heterocycles. The van der Waals surface area contributed by atoms with Crippen LogP contribution in [0.1, 0.15) is 61.1 Å². The average molecular weight is 557 g/mol. The molecule has 4 rings (SSSR count). The van der Waals surface area contributed by atoms with Gasteiger partial charge in [-0.25, -0.2) is 4.98 Å². The highest BCUT2D eigenvalue weighted by atomic mass is 35.5. The van der Waals surface area contributed by atoms with Crippen molar-refractivity contribution in [3.05, 3.63) is 70.1 Å². The predicted octanol–water partition coefficient (Wildman–Crippen LogP) is 7.29. The van der Waals surface area contributed by atoms with E-state index in [1.54, 1.807) is 12.5 Å². The second-order valence-corrected chi connectivity index (χ2v) is 16.8. The normalized spacial score (nSPS) is 13.2. The number of fused-ring (bicyclic) bond motifs is 1. The summed E-state index contributed by atoms with van der Waals surface area (Å²) in [4.78, 5) is 21.7. The van der Waals surface area contributed by atoms with Gasteiger partial charge in [0.1, 0.15) is 33.6 Å². The molecule has 0 aliphatic carbocycles. The van der Waals surface area contributed by atoms with Gasteiger partial charge in [0.25, 0.3) is 5.91 Å². The second kappa shape index (κ2) is 10.6. The van der Waals surface area contributed by atoms with Crippen LogP contribution in [-0.4, -0.2) is 28.8 Å². The lowest BCUT2D eigenvalue weighted by atomic mass is 10.1. The Morgan fingerprint density at radius 2 is 1.95 bits per heavy atom. The number of carbonyl (C=O) groups is 1. The summed E-state index contributed by atoms with van der Waals surface area (Å²) in [6.45, 7) is 13.5. The molecule has 0 bridgehead atoms. The summed E-state index contributed by atoms with van der Waals surface area (Å²) in [5.74, 6) is -0.119. The molecule has 2 N–H and O–H groups in total. The van der Waals surface area contributed by atoms with Crippen molar-refractivity contribution in [2.75, 3.05) is 0 Å². The SMILES string of the molecule is CCC(Oc1cc(-n2cnc3cnc(CO[Si](C)(C)C(C)(C)C)cc32)sc1C(N)=O)c1ccccc1Cl. The molecule has 0 saturated carbocycles. The van der Waals surface area contributed by atoms with E-state index in [0.717, 1.165) is 27.3 Å². The number of halogens is 1. The summed E-state index contributed by atoms with van der Waals surface area (Å²) in [7, 11) is -1.92. The Labute approximate surface area is 227 Å². The molecule has 7 nitrogen and oxygen atoms in total. The van der Waals surface area contributed by atoms with Crippen LogP contribution in [0.3, 0.4) is 0 Å². The first-order valence-electron chi connectivity index (χ1n) is 12.2. The van der Waals surface area contributed by atoms with Gasteiger partial charge in [-0.05, 0) is 36.7 Å². The Balaban J connectivity index is 1.67. The molecule has 1 amide bonds. The molecule has 0 aliphatic rings. The third kappa shape index (κ3) is 5.74. The highest BCUT2D eigenvalue weighted by Crippen LogP contribution is 2.39. The summed E-state index contributed by atoms with van der Waals surface area (Å²) in [5, 5.41) is 1.49. The van der Waals surface area contributed by atoms with Gasteiger partial charge in [-0.1, -0.05) is 57.5 Å². The van der Waals surface area contributed by atoms with E-state index in [0.29, 0.717) is 28.7 Å². The third-order valence-electron chi connectivity index (χ3n) is 6.92. The van der Waals surface area contributed by atoms with Crippen LogP contribution < -0.4 is 10.5 Å². The van der Waals surface area contributed by atoms with E-state index in [9.17, 15) is 4.79 Å². The Morgan fingerprint density at radius 1 is 1.22 bits per heavy atom. The van der Waals surface area contributed by atoms with Crippen LogP contribution >= 0.6 is 22.9 Å². The number of hydrogen-bond acceptors (Lipinski definition) is 6. The monoisotopic (exact) mass is 556 g/mol. The first kappa shape index (κ1) is 27.3. The number of primary amides is 1. The number of thiophene rings is 1. The fraction of sp³-hybridized carbons (Fsp3) is 0.370. The second-order valence-electron chi connectivity index (χ2n) is 10.5. The van der Waals surface area contributed by atoms with Crippen molar-refractivity contribution in [3.8, 4) is 10.8 Å². The van der Waals surface area contributed by atoms with E-state index in [4.69, 9.17) is 26.5 Å². The molecule has 0 spiro atoms. The average Bonchev–Trinajstić information content (AvgIpc) is 3.45. The van der Waals surface area contributed by atoms with Crippen LogP contribution in [-0.2, 0) is 11.0 Å². The summed E-state index contributed by atoms with van der Waals surface area (Å²) in [6, 6.07) is 11.4. The van der Waals surface area contributed by atoms with E-state index >= 15 is 0 Å². The van der Waals surface area contributed by atoms with Crippen LogP contribution in [0.5, 0.6) is 5.75 Å². The molecule has 0 saturated heterocycles. The standard InChI is InChI=1S/C27H33ClN4O3SSi/c1-7-22(18-10-8-9-11-19(18)28)35-23-13-24(36-25(23)26(29)33)32-16-31-20-14-30-17(12-21(20)32)15-34-37(5,6)27(2,3)4/h8-14,16,22H,7,15H2,1-6H3,(H2,29,33). The summed E-state index contributed by atoms with van der Waals surface area (Å²) in [6.07, 6.45) is 3.82. The van der Waals surface area contributed by atoms with Crippen molar-refractivity contribution >= 4 is 48.2 Å². The zero-order valence-corrected chi connectivity index (χ0v) is 24.6. The largest absolute Gasteiger partial charge is 0.484 e. The van der Waals surface area contributed by atoms with Crippen molar-refractivity contribution in [1.29, 1.82) is 0 Å². The predicted molar refractivity (Wildman–Crippen MR) is 152 cm³/mol. The van der Waals surface area contributed by atoms with Crippen LogP contribution in [0.2, 0.25) is 23.2 Å². The van der Waals surface area contributed by atoms with E-state index in [1.165, 1.54) is 11.3 Å². The van der Waals surface area contributed by atoms with Crippen LogP contribution in [0.15, 0.2) is 48.9 Å². The number of benzene rings is 1. The first-order valence-corrected chi connectivity index (χ1v) is 16.3. The maximum atomic E-state index is 12.3. The first-order chi connectivity index (χ1) is 17.4. The molecule has 0 aliphatic heterocycles. The molecule has 1 atom stereocenters. The van der Waals surface area contributed by atoms with E-state index < -0.39 is 14.2 Å². The van der Waals surface area contributed by atoms with Crippen molar-refractivity contribution in [2.24, 2.45) is 5.73 Å². The number of imidazole rings is 1. The van der Waals surface area contributed by atoms with Crippen molar-refractivity contribution in [1.82, 2.24) is 14.5 Å². The minimum absolute atomic E-state index is 0.109. The van der Waals surface area contributed by atoms with Crippen molar-refractivity contribution in [2.45, 2.75) is 65.0 Å². The summed E-state index contributed by atoms with van der Waals surface area (Å²) in [5.41, 5.74) is 9.04. The highest BCUT2D eigenvalue weighted by Gasteiger charge is 2.37. The Kier molecular flexibility index (Phi) is 7.80. The lowest BCUT2D eigenvalue weighted by Gasteiger charge is -2.36. The van der Waals surface area contributed by atoms with Gasteiger partial charge >= 0.3 is 0 Å². The fourth-order valence-electron chi connectivity index (χ4n) is 3.68. The van der Waals surface area contributed by atoms with Crippen LogP contribution in [0.4, 0.5) is 0 Å². The van der Waals surface area contributed by atoms with Gasteiger partial charge < -0.3 is 14.9 Å². The Morgan fingerprint density at radius 3 is 2.59 bits per heavy atom. The third-order valence-corrected chi connectivity index (χ3v) is 12.9. The maximum absolute atomic E-state index is 12.3. The van der Waals surface area contributed by atoms with Crippen molar-refractivity contribution < 1.29 is 14.0 Å². The maximum Gasteiger partial charge on any atom is 0.262 e. The molecule has 1 unspecified atom stereocenters. The van der Waals surface area contributed by atoms with Gasteiger partial charge in [-0.3, -0.25) is 14.3 Å². The molecule has 0 radical (unpaired) electrons. The lowest BCUT2D eigenvalue weighted by molar-refractivity contribution is 0.0997. The number of pyridine rings is 1.